The van der Waals surface area contributed by atoms with Gasteiger partial charge in [-0.15, -0.1) is 10.2 Å². The number of aryl methyl sites for hydroxylation is 1. The summed E-state index contributed by atoms with van der Waals surface area (Å²) in [6, 6.07) is 2.68. The summed E-state index contributed by atoms with van der Waals surface area (Å²) in [7, 11) is 1.62. The first-order valence-corrected chi connectivity index (χ1v) is 5.62. The summed E-state index contributed by atoms with van der Waals surface area (Å²) >= 11 is 0. The van der Waals surface area contributed by atoms with Crippen LogP contribution in [0.2, 0.25) is 0 Å². The molecule has 0 radical (unpaired) electrons. The maximum Gasteiger partial charge on any atom is 0.416 e. The molecule has 2 N–H and O–H groups in total. The second-order valence-electron chi connectivity index (χ2n) is 4.05. The Morgan fingerprint density at radius 2 is 1.90 bits per heavy atom. The number of hydrogen-bond donors (Lipinski definition) is 2. The van der Waals surface area contributed by atoms with Gasteiger partial charge in [0.2, 0.25) is 5.95 Å². The minimum Gasteiger partial charge on any atom is -0.507 e. The van der Waals surface area contributed by atoms with E-state index in [9.17, 15) is 18.3 Å². The van der Waals surface area contributed by atoms with E-state index in [1.54, 1.807) is 14.0 Å². The summed E-state index contributed by atoms with van der Waals surface area (Å²) in [6.45, 7) is 1.63. The Morgan fingerprint density at radius 1 is 1.20 bits per heavy atom. The van der Waals surface area contributed by atoms with Crippen molar-refractivity contribution in [3.63, 3.8) is 0 Å². The van der Waals surface area contributed by atoms with Gasteiger partial charge in [-0.05, 0) is 25.1 Å². The molecular weight excluding hydrogens is 273 g/mol. The highest BCUT2D eigenvalue weighted by atomic mass is 19.4. The molecule has 20 heavy (non-hydrogen) atoms. The Bertz CT molecular complexity index is 643. The van der Waals surface area contributed by atoms with E-state index in [-0.39, 0.29) is 17.2 Å². The van der Waals surface area contributed by atoms with Crippen molar-refractivity contribution in [1.29, 1.82) is 0 Å². The Kier molecular flexibility index (Phi) is 3.47. The number of halogens is 3. The molecule has 0 saturated carbocycles. The zero-order chi connectivity index (χ0) is 14.9. The van der Waals surface area contributed by atoms with E-state index in [4.69, 9.17) is 0 Å². The molecule has 1 aromatic heterocycles. The van der Waals surface area contributed by atoms with Crippen molar-refractivity contribution >= 4 is 5.95 Å². The van der Waals surface area contributed by atoms with Crippen LogP contribution in [-0.2, 0) is 6.18 Å². The first kappa shape index (κ1) is 14.0. The number of rotatable bonds is 2. The fourth-order valence-corrected chi connectivity index (χ4v) is 1.67. The number of anilines is 1. The second-order valence-corrected chi connectivity index (χ2v) is 4.05. The Labute approximate surface area is 112 Å². The first-order chi connectivity index (χ1) is 9.32. The number of phenols is 1. The van der Waals surface area contributed by atoms with Gasteiger partial charge < -0.3 is 10.4 Å². The molecule has 1 heterocycles. The second kappa shape index (κ2) is 4.95. The lowest BCUT2D eigenvalue weighted by Gasteiger charge is -2.10. The van der Waals surface area contributed by atoms with Gasteiger partial charge in [0.1, 0.15) is 11.4 Å². The molecule has 0 aliphatic rings. The Hall–Kier alpha value is -2.38. The maximum absolute atomic E-state index is 12.5. The van der Waals surface area contributed by atoms with Gasteiger partial charge in [0.15, 0.2) is 0 Å². The molecule has 8 heteroatoms. The molecule has 5 nitrogen and oxygen atoms in total. The molecule has 2 rings (SSSR count). The van der Waals surface area contributed by atoms with Gasteiger partial charge in [-0.1, -0.05) is 0 Å². The molecule has 0 aliphatic carbocycles. The van der Waals surface area contributed by atoms with E-state index in [0.29, 0.717) is 11.8 Å². The SMILES string of the molecule is CNc1nnc(-c2ccc(C(F)(F)F)cc2O)c(C)n1. The minimum atomic E-state index is -4.51. The molecule has 0 saturated heterocycles. The van der Waals surface area contributed by atoms with Gasteiger partial charge in [-0.3, -0.25) is 0 Å². The quantitative estimate of drug-likeness (QED) is 0.887. The third-order valence-corrected chi connectivity index (χ3v) is 2.66. The average molecular weight is 284 g/mol. The van der Waals surface area contributed by atoms with Gasteiger partial charge in [0.05, 0.1) is 11.3 Å². The van der Waals surface area contributed by atoms with Crippen molar-refractivity contribution in [2.75, 3.05) is 12.4 Å². The summed E-state index contributed by atoms with van der Waals surface area (Å²) in [6.07, 6.45) is -4.51. The minimum absolute atomic E-state index is 0.151. The fraction of sp³-hybridized carbons (Fsp3) is 0.250. The number of aromatic nitrogens is 3. The normalized spacial score (nSPS) is 11.4. The van der Waals surface area contributed by atoms with E-state index in [2.05, 4.69) is 20.5 Å². The lowest BCUT2D eigenvalue weighted by molar-refractivity contribution is -0.137. The number of alkyl halides is 3. The summed E-state index contributed by atoms with van der Waals surface area (Å²) in [4.78, 5) is 4.06. The van der Waals surface area contributed by atoms with Gasteiger partial charge in [0.25, 0.3) is 0 Å². The Balaban J connectivity index is 2.49. The molecular formula is C12H11F3N4O. The van der Waals surface area contributed by atoms with Crippen molar-refractivity contribution in [3.8, 4) is 17.0 Å². The standard InChI is InChI=1S/C12H11F3N4O/c1-6-10(18-19-11(16-2)17-6)8-4-3-7(5-9(8)20)12(13,14)15/h3-5,20H,1-2H3,(H,16,17,19). The number of hydrogen-bond acceptors (Lipinski definition) is 5. The number of nitrogens with zero attached hydrogens (tertiary/aromatic N) is 3. The van der Waals surface area contributed by atoms with Gasteiger partial charge in [0, 0.05) is 12.6 Å². The molecule has 0 spiro atoms. The van der Waals surface area contributed by atoms with Gasteiger partial charge in [-0.2, -0.15) is 13.2 Å². The van der Waals surface area contributed by atoms with Crippen LogP contribution in [0.4, 0.5) is 19.1 Å². The topological polar surface area (TPSA) is 70.9 Å². The number of aromatic hydroxyl groups is 1. The zero-order valence-corrected chi connectivity index (χ0v) is 10.7. The Morgan fingerprint density at radius 3 is 2.40 bits per heavy atom. The van der Waals surface area contributed by atoms with Crippen LogP contribution < -0.4 is 5.32 Å². The third kappa shape index (κ3) is 2.63. The van der Waals surface area contributed by atoms with E-state index in [1.165, 1.54) is 0 Å². The van der Waals surface area contributed by atoms with Gasteiger partial charge >= 0.3 is 6.18 Å². The van der Waals surface area contributed by atoms with Crippen LogP contribution in [-0.4, -0.2) is 27.3 Å². The summed E-state index contributed by atoms with van der Waals surface area (Å²) in [5, 5.41) is 20.0. The molecule has 1 aromatic carbocycles. The smallest absolute Gasteiger partial charge is 0.416 e. The largest absolute Gasteiger partial charge is 0.507 e. The highest BCUT2D eigenvalue weighted by molar-refractivity contribution is 5.69. The maximum atomic E-state index is 12.5. The molecule has 0 fully saturated rings. The van der Waals surface area contributed by atoms with E-state index >= 15 is 0 Å². The number of benzene rings is 1. The average Bonchev–Trinajstić information content (AvgIpc) is 2.38. The van der Waals surface area contributed by atoms with Crippen molar-refractivity contribution in [2.24, 2.45) is 0 Å². The van der Waals surface area contributed by atoms with Crippen LogP contribution in [0.3, 0.4) is 0 Å². The zero-order valence-electron chi connectivity index (χ0n) is 10.7. The first-order valence-electron chi connectivity index (χ1n) is 5.62. The van der Waals surface area contributed by atoms with E-state index in [0.717, 1.165) is 12.1 Å². The third-order valence-electron chi connectivity index (χ3n) is 2.66. The van der Waals surface area contributed by atoms with Crippen LogP contribution in [0.1, 0.15) is 11.3 Å². The van der Waals surface area contributed by atoms with E-state index < -0.39 is 17.5 Å². The fourth-order valence-electron chi connectivity index (χ4n) is 1.67. The van der Waals surface area contributed by atoms with Crippen LogP contribution in [0.15, 0.2) is 18.2 Å². The number of nitrogens with one attached hydrogen (secondary N) is 1. The molecule has 0 aliphatic heterocycles. The molecule has 0 amide bonds. The highest BCUT2D eigenvalue weighted by Crippen LogP contribution is 2.36. The predicted octanol–water partition coefficient (Wildman–Crippen LogP) is 2.61. The van der Waals surface area contributed by atoms with Crippen LogP contribution >= 0.6 is 0 Å². The molecule has 0 unspecified atom stereocenters. The lowest BCUT2D eigenvalue weighted by atomic mass is 10.1. The summed E-state index contributed by atoms with van der Waals surface area (Å²) in [5.41, 5.74) is -0.100. The molecule has 106 valence electrons. The van der Waals surface area contributed by atoms with Crippen molar-refractivity contribution in [1.82, 2.24) is 15.2 Å². The summed E-state index contributed by atoms with van der Waals surface area (Å²) < 4.78 is 37.6. The predicted molar refractivity (Wildman–Crippen MR) is 66.2 cm³/mol. The molecule has 2 aromatic rings. The van der Waals surface area contributed by atoms with Crippen molar-refractivity contribution in [3.05, 3.63) is 29.5 Å². The van der Waals surface area contributed by atoms with E-state index in [1.807, 2.05) is 0 Å². The van der Waals surface area contributed by atoms with Crippen molar-refractivity contribution in [2.45, 2.75) is 13.1 Å². The van der Waals surface area contributed by atoms with Crippen LogP contribution in [0, 0.1) is 6.92 Å². The molecule has 0 bridgehead atoms. The monoisotopic (exact) mass is 284 g/mol. The molecule has 0 atom stereocenters. The number of phenolic OH excluding ortho intramolecular Hbond substituents is 1. The van der Waals surface area contributed by atoms with Crippen LogP contribution in [0.5, 0.6) is 5.75 Å². The summed E-state index contributed by atoms with van der Waals surface area (Å²) in [5.74, 6) is -0.228. The lowest BCUT2D eigenvalue weighted by Crippen LogP contribution is -2.05. The highest BCUT2D eigenvalue weighted by Gasteiger charge is 2.31. The van der Waals surface area contributed by atoms with Crippen LogP contribution in [0.25, 0.3) is 11.3 Å². The van der Waals surface area contributed by atoms with Gasteiger partial charge in [-0.25, -0.2) is 4.98 Å². The van der Waals surface area contributed by atoms with Crippen molar-refractivity contribution < 1.29 is 18.3 Å².